The van der Waals surface area contributed by atoms with E-state index in [1.165, 1.54) is 0 Å². The van der Waals surface area contributed by atoms with Crippen LogP contribution in [0.25, 0.3) is 0 Å². The van der Waals surface area contributed by atoms with E-state index in [2.05, 4.69) is 0 Å². The Morgan fingerprint density at radius 3 is 1.07 bits per heavy atom. The molecule has 0 amide bonds. The Hall–Kier alpha value is -2.50. The third-order valence-electron chi connectivity index (χ3n) is 2.82. The lowest BCUT2D eigenvalue weighted by Crippen LogP contribution is -2.15. The average Bonchev–Trinajstić information content (AvgIpc) is 2.62. The molecular weight excluding hydrogens is 380 g/mol. The van der Waals surface area contributed by atoms with E-state index >= 15 is 0 Å². The Balaban J connectivity index is -0.000000376. The predicted molar refractivity (Wildman–Crippen MR) is 96.8 cm³/mol. The Morgan fingerprint density at radius 1 is 0.607 bits per heavy atom. The van der Waals surface area contributed by atoms with Crippen molar-refractivity contribution in [1.82, 2.24) is 0 Å². The summed E-state index contributed by atoms with van der Waals surface area (Å²) in [6, 6.07) is 0. The van der Waals surface area contributed by atoms with E-state index < -0.39 is 30.0 Å². The Bertz CT molecular complexity index is 420. The molecule has 0 aliphatic heterocycles. The van der Waals surface area contributed by atoms with Crippen LogP contribution in [0.5, 0.6) is 0 Å². The largest absolute Gasteiger partial charge is 0.481 e. The van der Waals surface area contributed by atoms with Crippen LogP contribution in [0.15, 0.2) is 12.2 Å². The molecule has 0 heterocycles. The van der Waals surface area contributed by atoms with E-state index in [0.29, 0.717) is 12.2 Å². The number of unbranched alkanes of at least 4 members (excludes halogenated alkanes) is 5. The molecule has 0 saturated heterocycles. The summed E-state index contributed by atoms with van der Waals surface area (Å²) in [5.74, 6) is -3.99. The standard InChI is InChI=1S/C10H18O4.C4H4O4.C3H8O3/c11-9(12)7-5-3-1-2-4-6-8-10(13)14;5-3(6)1-2-4(7)8;4-1-3(6)2-5/h1-8H2,(H,11,12)(H,13,14);1-2H,(H,5,6)(H,7,8);3-6H,1-2H2/b;2-1-;. The zero-order valence-electron chi connectivity index (χ0n) is 15.6. The summed E-state index contributed by atoms with van der Waals surface area (Å²) in [5, 5.41) is 56.3. The van der Waals surface area contributed by atoms with Crippen LogP contribution in [0.1, 0.15) is 51.4 Å². The lowest BCUT2D eigenvalue weighted by Gasteiger charge is -1.98. The molecule has 0 aromatic heterocycles. The van der Waals surface area contributed by atoms with Gasteiger partial charge in [0.15, 0.2) is 0 Å². The molecule has 0 aromatic rings. The lowest BCUT2D eigenvalue weighted by molar-refractivity contribution is -0.138. The molecule has 11 nitrogen and oxygen atoms in total. The average molecular weight is 410 g/mol. The number of aliphatic hydroxyl groups is 3. The molecule has 0 spiro atoms. The number of carboxylic acids is 4. The van der Waals surface area contributed by atoms with Crippen LogP contribution in [0.3, 0.4) is 0 Å². The van der Waals surface area contributed by atoms with Gasteiger partial charge in [0.05, 0.1) is 13.2 Å². The number of hydrogen-bond donors (Lipinski definition) is 7. The summed E-state index contributed by atoms with van der Waals surface area (Å²) < 4.78 is 0. The summed E-state index contributed by atoms with van der Waals surface area (Å²) in [6.45, 7) is -0.729. The quantitative estimate of drug-likeness (QED) is 0.162. The number of carbonyl (C=O) groups is 4. The Morgan fingerprint density at radius 2 is 0.893 bits per heavy atom. The zero-order valence-corrected chi connectivity index (χ0v) is 15.6. The highest BCUT2D eigenvalue weighted by Crippen LogP contribution is 2.08. The fourth-order valence-corrected chi connectivity index (χ4v) is 1.46. The molecule has 0 radical (unpaired) electrons. The second-order valence-electron chi connectivity index (χ2n) is 5.44. The third kappa shape index (κ3) is 38.8. The van der Waals surface area contributed by atoms with Gasteiger partial charge in [-0.05, 0) is 12.8 Å². The van der Waals surface area contributed by atoms with Gasteiger partial charge in [-0.25, -0.2) is 9.59 Å². The second-order valence-corrected chi connectivity index (χ2v) is 5.44. The van der Waals surface area contributed by atoms with Gasteiger partial charge in [0.1, 0.15) is 6.10 Å². The maximum Gasteiger partial charge on any atom is 0.328 e. The molecule has 0 fully saturated rings. The highest BCUT2D eigenvalue weighted by molar-refractivity contribution is 5.89. The van der Waals surface area contributed by atoms with Crippen LogP contribution in [0.2, 0.25) is 0 Å². The summed E-state index contributed by atoms with van der Waals surface area (Å²) in [7, 11) is 0. The van der Waals surface area contributed by atoms with E-state index in [-0.39, 0.29) is 26.1 Å². The van der Waals surface area contributed by atoms with Crippen molar-refractivity contribution in [3.63, 3.8) is 0 Å². The highest BCUT2D eigenvalue weighted by Gasteiger charge is 1.98. The van der Waals surface area contributed by atoms with Crippen molar-refractivity contribution in [3.05, 3.63) is 12.2 Å². The minimum absolute atomic E-state index is 0.245. The molecule has 164 valence electrons. The van der Waals surface area contributed by atoms with Crippen molar-refractivity contribution in [2.75, 3.05) is 13.2 Å². The van der Waals surface area contributed by atoms with Crippen LogP contribution in [-0.2, 0) is 19.2 Å². The van der Waals surface area contributed by atoms with E-state index in [4.69, 9.17) is 35.7 Å². The first-order chi connectivity index (χ1) is 13.1. The summed E-state index contributed by atoms with van der Waals surface area (Å²) >= 11 is 0. The monoisotopic (exact) mass is 410 g/mol. The van der Waals surface area contributed by atoms with Crippen molar-refractivity contribution in [3.8, 4) is 0 Å². The van der Waals surface area contributed by atoms with Crippen molar-refractivity contribution in [1.29, 1.82) is 0 Å². The molecule has 0 unspecified atom stereocenters. The van der Waals surface area contributed by atoms with Gasteiger partial charge in [-0.15, -0.1) is 0 Å². The number of hydrogen-bond acceptors (Lipinski definition) is 7. The van der Waals surface area contributed by atoms with Gasteiger partial charge < -0.3 is 35.7 Å². The fourth-order valence-electron chi connectivity index (χ4n) is 1.46. The predicted octanol–water partition coefficient (Wildman–Crippen LogP) is 0.320. The second kappa shape index (κ2) is 22.5. The van der Waals surface area contributed by atoms with Crippen molar-refractivity contribution >= 4 is 23.9 Å². The topological polar surface area (TPSA) is 210 Å². The minimum Gasteiger partial charge on any atom is -0.481 e. The van der Waals surface area contributed by atoms with Crippen LogP contribution in [0, 0.1) is 0 Å². The smallest absolute Gasteiger partial charge is 0.328 e. The molecule has 7 N–H and O–H groups in total. The molecular formula is C17H30O11. The number of rotatable bonds is 13. The summed E-state index contributed by atoms with van der Waals surface area (Å²) in [6.07, 6.45) is 5.99. The first kappa shape index (κ1) is 30.2. The first-order valence-corrected chi connectivity index (χ1v) is 8.54. The SMILES string of the molecule is O=C(O)/C=C\C(=O)O.O=C(O)CCCCCCCCC(=O)O.OCC(O)CO. The highest BCUT2D eigenvalue weighted by atomic mass is 16.4. The van der Waals surface area contributed by atoms with Crippen LogP contribution in [0.4, 0.5) is 0 Å². The maximum atomic E-state index is 10.1. The van der Waals surface area contributed by atoms with Crippen molar-refractivity contribution in [2.45, 2.75) is 57.5 Å². The minimum atomic E-state index is -1.26. The Labute approximate surface area is 162 Å². The molecule has 11 heteroatoms. The zero-order chi connectivity index (χ0) is 22.4. The van der Waals surface area contributed by atoms with Crippen LogP contribution < -0.4 is 0 Å². The number of aliphatic hydroxyl groups excluding tert-OH is 3. The molecule has 0 aromatic carbocycles. The van der Waals surface area contributed by atoms with Gasteiger partial charge in [-0.3, -0.25) is 9.59 Å². The molecule has 0 aliphatic carbocycles. The van der Waals surface area contributed by atoms with Crippen LogP contribution >= 0.6 is 0 Å². The van der Waals surface area contributed by atoms with Crippen LogP contribution in [-0.4, -0.2) is 78.9 Å². The molecule has 0 aliphatic rings. The maximum absolute atomic E-state index is 10.1. The van der Waals surface area contributed by atoms with Gasteiger partial charge >= 0.3 is 23.9 Å². The summed E-state index contributed by atoms with van der Waals surface area (Å²) in [4.78, 5) is 39.4. The number of aliphatic carboxylic acids is 4. The molecule has 0 atom stereocenters. The normalized spacial score (nSPS) is 9.86. The van der Waals surface area contributed by atoms with Gasteiger partial charge in [0.2, 0.25) is 0 Å². The van der Waals surface area contributed by atoms with Crippen molar-refractivity contribution < 1.29 is 54.9 Å². The lowest BCUT2D eigenvalue weighted by atomic mass is 10.1. The van der Waals surface area contributed by atoms with Crippen molar-refractivity contribution in [2.24, 2.45) is 0 Å². The van der Waals surface area contributed by atoms with E-state index in [9.17, 15) is 19.2 Å². The van der Waals surface area contributed by atoms with E-state index in [1.807, 2.05) is 0 Å². The number of carboxylic acid groups (broad SMARTS) is 4. The molecule has 0 saturated carbocycles. The van der Waals surface area contributed by atoms with E-state index in [1.54, 1.807) is 0 Å². The first-order valence-electron chi connectivity index (χ1n) is 8.54. The van der Waals surface area contributed by atoms with E-state index in [0.717, 1.165) is 38.5 Å². The van der Waals surface area contributed by atoms with Gasteiger partial charge in [0.25, 0.3) is 0 Å². The fraction of sp³-hybridized carbons (Fsp3) is 0.647. The van der Waals surface area contributed by atoms with Gasteiger partial charge in [0, 0.05) is 25.0 Å². The molecule has 28 heavy (non-hydrogen) atoms. The molecule has 0 bridgehead atoms. The third-order valence-corrected chi connectivity index (χ3v) is 2.82. The Kier molecular flexibility index (Phi) is 24.3. The molecule has 0 rings (SSSR count). The van der Waals surface area contributed by atoms with Gasteiger partial charge in [-0.2, -0.15) is 0 Å². The summed E-state index contributed by atoms with van der Waals surface area (Å²) in [5.41, 5.74) is 0. The van der Waals surface area contributed by atoms with Gasteiger partial charge in [-0.1, -0.05) is 25.7 Å².